The summed E-state index contributed by atoms with van der Waals surface area (Å²) in [6.45, 7) is 1.40. The third-order valence-electron chi connectivity index (χ3n) is 4.37. The lowest BCUT2D eigenvalue weighted by Crippen LogP contribution is -2.34. The molecule has 0 aliphatic carbocycles. The van der Waals surface area contributed by atoms with E-state index < -0.39 is 11.5 Å². The van der Waals surface area contributed by atoms with Crippen LogP contribution in [0.5, 0.6) is 5.75 Å². The Morgan fingerprint density at radius 3 is 2.33 bits per heavy atom. The summed E-state index contributed by atoms with van der Waals surface area (Å²) in [6.07, 6.45) is 0. The molecular formula is C20H19N3O4. The number of hydrogen-bond acceptors (Lipinski definition) is 4. The molecule has 1 heterocycles. The fraction of sp³-hybridized carbons (Fsp3) is 0.150. The van der Waals surface area contributed by atoms with Crippen molar-refractivity contribution in [3.05, 3.63) is 64.4 Å². The van der Waals surface area contributed by atoms with E-state index in [2.05, 4.69) is 5.32 Å². The predicted octanol–water partition coefficient (Wildman–Crippen LogP) is 2.48. The number of nitrogens with one attached hydrogen (secondary N) is 1. The van der Waals surface area contributed by atoms with Crippen molar-refractivity contribution in [2.45, 2.75) is 6.92 Å². The van der Waals surface area contributed by atoms with E-state index in [1.54, 1.807) is 55.6 Å². The van der Waals surface area contributed by atoms with Crippen molar-refractivity contribution in [2.75, 3.05) is 17.3 Å². The molecule has 0 aliphatic heterocycles. The van der Waals surface area contributed by atoms with Crippen LogP contribution in [0.25, 0.3) is 10.9 Å². The van der Waals surface area contributed by atoms with Crippen LogP contribution in [-0.2, 0) is 11.8 Å². The van der Waals surface area contributed by atoms with Crippen molar-refractivity contribution in [3.63, 3.8) is 0 Å². The molecule has 0 saturated carbocycles. The molecule has 1 aromatic heterocycles. The van der Waals surface area contributed by atoms with Gasteiger partial charge in [-0.3, -0.25) is 14.4 Å². The Labute approximate surface area is 155 Å². The van der Waals surface area contributed by atoms with Crippen LogP contribution in [0.4, 0.5) is 11.4 Å². The lowest BCUT2D eigenvalue weighted by atomic mass is 10.1. The Kier molecular flexibility index (Phi) is 4.68. The Balaban J connectivity index is 2.03. The summed E-state index contributed by atoms with van der Waals surface area (Å²) < 4.78 is 1.34. The average Bonchev–Trinajstić information content (AvgIpc) is 2.66. The number of aryl methyl sites for hydroxylation is 1. The van der Waals surface area contributed by atoms with Crippen LogP contribution < -0.4 is 15.8 Å². The maximum Gasteiger partial charge on any atom is 0.267 e. The van der Waals surface area contributed by atoms with Gasteiger partial charge in [0.15, 0.2) is 0 Å². The number of rotatable bonds is 3. The van der Waals surface area contributed by atoms with Crippen LogP contribution in [0.15, 0.2) is 53.3 Å². The second-order valence-corrected chi connectivity index (χ2v) is 6.20. The molecule has 0 saturated heterocycles. The number of fused-ring (bicyclic) bond motifs is 1. The molecule has 2 N–H and O–H groups in total. The van der Waals surface area contributed by atoms with Gasteiger partial charge in [-0.1, -0.05) is 12.1 Å². The van der Waals surface area contributed by atoms with E-state index in [0.29, 0.717) is 22.3 Å². The third kappa shape index (κ3) is 3.27. The first-order valence-electron chi connectivity index (χ1n) is 8.27. The van der Waals surface area contributed by atoms with E-state index in [0.717, 1.165) is 0 Å². The van der Waals surface area contributed by atoms with Crippen LogP contribution in [0.2, 0.25) is 0 Å². The van der Waals surface area contributed by atoms with E-state index in [9.17, 15) is 19.5 Å². The fourth-order valence-electron chi connectivity index (χ4n) is 2.93. The number of pyridine rings is 1. The highest BCUT2D eigenvalue weighted by atomic mass is 16.3. The molecule has 27 heavy (non-hydrogen) atoms. The molecule has 138 valence electrons. The first kappa shape index (κ1) is 18.2. The third-order valence-corrected chi connectivity index (χ3v) is 4.37. The van der Waals surface area contributed by atoms with Gasteiger partial charge in [-0.15, -0.1) is 0 Å². The Hall–Kier alpha value is -3.61. The van der Waals surface area contributed by atoms with Crippen molar-refractivity contribution < 1.29 is 14.7 Å². The molecule has 0 bridgehead atoms. The van der Waals surface area contributed by atoms with Gasteiger partial charge in [-0.05, 0) is 36.4 Å². The minimum Gasteiger partial charge on any atom is -0.506 e. The second-order valence-electron chi connectivity index (χ2n) is 6.20. The lowest BCUT2D eigenvalue weighted by Gasteiger charge is -2.19. The summed E-state index contributed by atoms with van der Waals surface area (Å²) in [5, 5.41) is 13.6. The van der Waals surface area contributed by atoms with Gasteiger partial charge in [0.05, 0.1) is 5.52 Å². The Bertz CT molecular complexity index is 1100. The number of benzene rings is 2. The average molecular weight is 365 g/mol. The number of carbonyl (C=O) groups excluding carboxylic acids is 2. The van der Waals surface area contributed by atoms with Gasteiger partial charge < -0.3 is 19.9 Å². The van der Waals surface area contributed by atoms with Crippen molar-refractivity contribution in [2.24, 2.45) is 7.05 Å². The van der Waals surface area contributed by atoms with Crippen LogP contribution in [-0.4, -0.2) is 28.5 Å². The quantitative estimate of drug-likeness (QED) is 0.746. The molecule has 2 amide bonds. The molecule has 0 fully saturated rings. The molecule has 0 radical (unpaired) electrons. The molecule has 2 aromatic carbocycles. The number of hydrogen-bond donors (Lipinski definition) is 2. The van der Waals surface area contributed by atoms with Crippen molar-refractivity contribution in [1.82, 2.24) is 4.57 Å². The van der Waals surface area contributed by atoms with Crippen LogP contribution in [0.3, 0.4) is 0 Å². The van der Waals surface area contributed by atoms with Crippen LogP contribution in [0.1, 0.15) is 17.3 Å². The Morgan fingerprint density at radius 1 is 1.07 bits per heavy atom. The minimum absolute atomic E-state index is 0.197. The zero-order valence-electron chi connectivity index (χ0n) is 15.2. The molecule has 0 spiro atoms. The summed E-state index contributed by atoms with van der Waals surface area (Å²) in [6, 6.07) is 13.4. The van der Waals surface area contributed by atoms with E-state index in [4.69, 9.17) is 0 Å². The highest BCUT2D eigenvalue weighted by Gasteiger charge is 2.24. The maximum absolute atomic E-state index is 12.9. The van der Waals surface area contributed by atoms with Gasteiger partial charge in [0.2, 0.25) is 5.91 Å². The van der Waals surface area contributed by atoms with Gasteiger partial charge in [0, 0.05) is 37.8 Å². The molecular weight excluding hydrogens is 346 g/mol. The number of carbonyl (C=O) groups is 2. The highest BCUT2D eigenvalue weighted by Crippen LogP contribution is 2.27. The number of para-hydroxylation sites is 1. The number of aromatic hydroxyl groups is 1. The standard InChI is InChI=1S/C20H19N3O4/c1-12(24)21-13-8-10-14(11-9-13)22(2)19(26)17-18(25)15-6-4-5-7-16(15)23(3)20(17)27/h4-11,25H,1-3H3,(H,21,24). The fourth-order valence-corrected chi connectivity index (χ4v) is 2.93. The Morgan fingerprint density at radius 2 is 1.70 bits per heavy atom. The van der Waals surface area contributed by atoms with Gasteiger partial charge in [0.25, 0.3) is 11.5 Å². The summed E-state index contributed by atoms with van der Waals surface area (Å²) >= 11 is 0. The zero-order chi connectivity index (χ0) is 19.7. The summed E-state index contributed by atoms with van der Waals surface area (Å²) in [5.74, 6) is -1.15. The van der Waals surface area contributed by atoms with Crippen molar-refractivity contribution in [1.29, 1.82) is 0 Å². The van der Waals surface area contributed by atoms with E-state index in [1.807, 2.05) is 0 Å². The maximum atomic E-state index is 12.9. The molecule has 0 aliphatic rings. The van der Waals surface area contributed by atoms with E-state index in [1.165, 1.54) is 23.4 Å². The number of nitrogens with zero attached hydrogens (tertiary/aromatic N) is 2. The SMILES string of the molecule is CC(=O)Nc1ccc(N(C)C(=O)c2c(O)c3ccccc3n(C)c2=O)cc1. The predicted molar refractivity (Wildman–Crippen MR) is 104 cm³/mol. The number of aromatic nitrogens is 1. The van der Waals surface area contributed by atoms with Crippen molar-refractivity contribution >= 4 is 34.1 Å². The molecule has 7 heteroatoms. The van der Waals surface area contributed by atoms with Gasteiger partial charge in [-0.25, -0.2) is 0 Å². The smallest absolute Gasteiger partial charge is 0.267 e. The van der Waals surface area contributed by atoms with Gasteiger partial charge >= 0.3 is 0 Å². The molecule has 0 unspecified atom stereocenters. The van der Waals surface area contributed by atoms with E-state index >= 15 is 0 Å². The van der Waals surface area contributed by atoms with Crippen molar-refractivity contribution in [3.8, 4) is 5.75 Å². The monoisotopic (exact) mass is 365 g/mol. The molecule has 3 rings (SSSR count). The normalized spacial score (nSPS) is 10.6. The van der Waals surface area contributed by atoms with E-state index in [-0.39, 0.29) is 17.2 Å². The van der Waals surface area contributed by atoms with Crippen LogP contribution >= 0.6 is 0 Å². The topological polar surface area (TPSA) is 91.6 Å². The first-order valence-corrected chi connectivity index (χ1v) is 8.27. The number of amides is 2. The first-order chi connectivity index (χ1) is 12.8. The number of anilines is 2. The summed E-state index contributed by atoms with van der Waals surface area (Å²) in [7, 11) is 3.08. The van der Waals surface area contributed by atoms with Crippen LogP contribution in [0, 0.1) is 0 Å². The summed E-state index contributed by atoms with van der Waals surface area (Å²) in [4.78, 5) is 38.0. The summed E-state index contributed by atoms with van der Waals surface area (Å²) in [5.41, 5.74) is 0.793. The largest absolute Gasteiger partial charge is 0.506 e. The second kappa shape index (κ2) is 6.95. The lowest BCUT2D eigenvalue weighted by molar-refractivity contribution is -0.114. The highest BCUT2D eigenvalue weighted by molar-refractivity contribution is 6.10. The van der Waals surface area contributed by atoms with Gasteiger partial charge in [0.1, 0.15) is 11.3 Å². The van der Waals surface area contributed by atoms with Gasteiger partial charge in [-0.2, -0.15) is 0 Å². The molecule has 7 nitrogen and oxygen atoms in total. The molecule has 3 aromatic rings. The minimum atomic E-state index is -0.619. The zero-order valence-corrected chi connectivity index (χ0v) is 15.2. The molecule has 0 atom stereocenters.